The molecule has 0 heterocycles. The minimum Gasteiger partial charge on any atom is -0.382 e. The van der Waals surface area contributed by atoms with Crippen molar-refractivity contribution in [2.45, 2.75) is 13.2 Å². The largest absolute Gasteiger partial charge is 0.382 e. The Bertz CT molecular complexity index is 305. The van der Waals surface area contributed by atoms with Crippen molar-refractivity contribution in [2.75, 3.05) is 20.3 Å². The van der Waals surface area contributed by atoms with Crippen LogP contribution in [0.5, 0.6) is 0 Å². The van der Waals surface area contributed by atoms with Crippen molar-refractivity contribution in [3.8, 4) is 0 Å². The Morgan fingerprint density at radius 3 is 2.73 bits per heavy atom. The Morgan fingerprint density at radius 2 is 2.13 bits per heavy atom. The monoisotopic (exact) mass is 273 g/mol. The summed E-state index contributed by atoms with van der Waals surface area (Å²) in [5, 5.41) is 0. The lowest BCUT2D eigenvalue weighted by atomic mass is 10.1. The third kappa shape index (κ3) is 4.30. The first kappa shape index (κ1) is 12.6. The molecule has 0 unspecified atom stereocenters. The lowest BCUT2D eigenvalue weighted by molar-refractivity contribution is 0.0614. The summed E-state index contributed by atoms with van der Waals surface area (Å²) >= 11 is 3.49. The first-order chi connectivity index (χ1) is 7.27. The Hall–Kier alpha value is -0.420. The summed E-state index contributed by atoms with van der Waals surface area (Å²) in [4.78, 5) is 0. The number of rotatable bonds is 6. The lowest BCUT2D eigenvalue weighted by Gasteiger charge is -2.07. The molecule has 4 heteroatoms. The number of methoxy groups -OCH3 is 1. The van der Waals surface area contributed by atoms with E-state index in [1.165, 1.54) is 0 Å². The van der Waals surface area contributed by atoms with Gasteiger partial charge in [0, 0.05) is 18.1 Å². The van der Waals surface area contributed by atoms with Crippen LogP contribution in [-0.2, 0) is 22.6 Å². The van der Waals surface area contributed by atoms with Crippen LogP contribution in [-0.4, -0.2) is 20.3 Å². The Balaban J connectivity index is 2.47. The summed E-state index contributed by atoms with van der Waals surface area (Å²) in [7, 11) is 1.66. The zero-order chi connectivity index (χ0) is 11.1. The molecule has 0 aliphatic rings. The minimum atomic E-state index is 0.559. The predicted octanol–water partition coefficient (Wildman–Crippen LogP) is 2.07. The molecule has 0 bridgehead atoms. The highest BCUT2D eigenvalue weighted by Crippen LogP contribution is 2.19. The second-order valence-electron chi connectivity index (χ2n) is 3.18. The molecule has 84 valence electrons. The van der Waals surface area contributed by atoms with Crippen molar-refractivity contribution in [3.63, 3.8) is 0 Å². The number of ether oxygens (including phenoxy) is 2. The molecule has 0 aromatic heterocycles. The topological polar surface area (TPSA) is 44.5 Å². The summed E-state index contributed by atoms with van der Waals surface area (Å²) in [6, 6.07) is 6.06. The molecule has 0 radical (unpaired) electrons. The molecule has 0 saturated heterocycles. The van der Waals surface area contributed by atoms with E-state index in [1.54, 1.807) is 7.11 Å². The van der Waals surface area contributed by atoms with E-state index in [2.05, 4.69) is 15.9 Å². The van der Waals surface area contributed by atoms with Gasteiger partial charge in [-0.2, -0.15) is 0 Å². The van der Waals surface area contributed by atoms with Crippen LogP contribution in [0.3, 0.4) is 0 Å². The molecular weight excluding hydrogens is 258 g/mol. The second kappa shape index (κ2) is 6.95. The van der Waals surface area contributed by atoms with Gasteiger partial charge in [0.1, 0.15) is 0 Å². The zero-order valence-corrected chi connectivity index (χ0v) is 10.4. The van der Waals surface area contributed by atoms with E-state index >= 15 is 0 Å². The van der Waals surface area contributed by atoms with E-state index in [-0.39, 0.29) is 0 Å². The zero-order valence-electron chi connectivity index (χ0n) is 8.83. The maximum atomic E-state index is 5.54. The lowest BCUT2D eigenvalue weighted by Crippen LogP contribution is -2.03. The predicted molar refractivity (Wildman–Crippen MR) is 63.6 cm³/mol. The van der Waals surface area contributed by atoms with Gasteiger partial charge < -0.3 is 15.2 Å². The van der Waals surface area contributed by atoms with Gasteiger partial charge in [-0.15, -0.1) is 0 Å². The highest BCUT2D eigenvalue weighted by Gasteiger charge is 2.00. The molecule has 0 aliphatic carbocycles. The molecule has 1 rings (SSSR count). The summed E-state index contributed by atoms with van der Waals surface area (Å²) in [5.41, 5.74) is 7.78. The van der Waals surface area contributed by atoms with Crippen molar-refractivity contribution in [3.05, 3.63) is 33.8 Å². The number of benzene rings is 1. The van der Waals surface area contributed by atoms with Crippen LogP contribution in [0.4, 0.5) is 0 Å². The van der Waals surface area contributed by atoms with Gasteiger partial charge in [0.2, 0.25) is 0 Å². The van der Waals surface area contributed by atoms with Gasteiger partial charge >= 0.3 is 0 Å². The SMILES string of the molecule is COCCOCc1ccc(CN)cc1Br. The van der Waals surface area contributed by atoms with Crippen molar-refractivity contribution < 1.29 is 9.47 Å². The molecule has 0 aliphatic heterocycles. The molecule has 1 aromatic rings. The molecule has 0 atom stereocenters. The van der Waals surface area contributed by atoms with Crippen LogP contribution >= 0.6 is 15.9 Å². The molecule has 0 amide bonds. The van der Waals surface area contributed by atoms with Crippen molar-refractivity contribution in [1.82, 2.24) is 0 Å². The normalized spacial score (nSPS) is 10.6. The molecule has 1 aromatic carbocycles. The number of halogens is 1. The third-order valence-corrected chi connectivity index (χ3v) is 2.78. The maximum absolute atomic E-state index is 5.54. The summed E-state index contributed by atoms with van der Waals surface area (Å²) < 4.78 is 11.4. The Kier molecular flexibility index (Phi) is 5.86. The van der Waals surface area contributed by atoms with Gasteiger partial charge in [-0.25, -0.2) is 0 Å². The van der Waals surface area contributed by atoms with Gasteiger partial charge in [-0.05, 0) is 17.2 Å². The summed E-state index contributed by atoms with van der Waals surface area (Å²) in [5.74, 6) is 0. The molecule has 2 N–H and O–H groups in total. The number of hydrogen-bond acceptors (Lipinski definition) is 3. The van der Waals surface area contributed by atoms with Crippen LogP contribution in [0, 0.1) is 0 Å². The molecule has 0 fully saturated rings. The second-order valence-corrected chi connectivity index (χ2v) is 4.03. The van der Waals surface area contributed by atoms with E-state index in [1.807, 2.05) is 18.2 Å². The van der Waals surface area contributed by atoms with Gasteiger partial charge in [0.05, 0.1) is 19.8 Å². The fourth-order valence-corrected chi connectivity index (χ4v) is 1.70. The number of hydrogen-bond donors (Lipinski definition) is 1. The molecule has 0 spiro atoms. The molecule has 15 heavy (non-hydrogen) atoms. The average molecular weight is 274 g/mol. The molecular formula is C11H16BrNO2. The van der Waals surface area contributed by atoms with Gasteiger partial charge in [-0.1, -0.05) is 28.1 Å². The Morgan fingerprint density at radius 1 is 1.33 bits per heavy atom. The molecule has 0 saturated carbocycles. The first-order valence-electron chi connectivity index (χ1n) is 4.82. The van der Waals surface area contributed by atoms with Gasteiger partial charge in [-0.3, -0.25) is 0 Å². The van der Waals surface area contributed by atoms with Crippen LogP contribution in [0.1, 0.15) is 11.1 Å². The highest BCUT2D eigenvalue weighted by atomic mass is 79.9. The van der Waals surface area contributed by atoms with Gasteiger partial charge in [0.15, 0.2) is 0 Å². The summed E-state index contributed by atoms with van der Waals surface area (Å²) in [6.45, 7) is 2.39. The average Bonchev–Trinajstić information content (AvgIpc) is 2.26. The fraction of sp³-hybridized carbons (Fsp3) is 0.455. The van der Waals surface area contributed by atoms with Crippen LogP contribution in [0.15, 0.2) is 22.7 Å². The van der Waals surface area contributed by atoms with Crippen LogP contribution < -0.4 is 5.73 Å². The summed E-state index contributed by atoms with van der Waals surface area (Å²) in [6.07, 6.45) is 0. The third-order valence-electron chi connectivity index (χ3n) is 2.04. The van der Waals surface area contributed by atoms with Gasteiger partial charge in [0.25, 0.3) is 0 Å². The van der Waals surface area contributed by atoms with E-state index in [0.29, 0.717) is 26.4 Å². The maximum Gasteiger partial charge on any atom is 0.0728 e. The first-order valence-corrected chi connectivity index (χ1v) is 5.61. The van der Waals surface area contributed by atoms with Crippen LogP contribution in [0.25, 0.3) is 0 Å². The number of nitrogens with two attached hydrogens (primary N) is 1. The quantitative estimate of drug-likeness (QED) is 0.808. The molecule has 3 nitrogen and oxygen atoms in total. The van der Waals surface area contributed by atoms with E-state index in [4.69, 9.17) is 15.2 Å². The smallest absolute Gasteiger partial charge is 0.0728 e. The van der Waals surface area contributed by atoms with Crippen molar-refractivity contribution in [1.29, 1.82) is 0 Å². The van der Waals surface area contributed by atoms with Crippen molar-refractivity contribution >= 4 is 15.9 Å². The Labute approximate surface area is 98.7 Å². The van der Waals surface area contributed by atoms with Crippen LogP contribution in [0.2, 0.25) is 0 Å². The highest BCUT2D eigenvalue weighted by molar-refractivity contribution is 9.10. The van der Waals surface area contributed by atoms with E-state index in [9.17, 15) is 0 Å². The van der Waals surface area contributed by atoms with E-state index in [0.717, 1.165) is 15.6 Å². The standard InChI is InChI=1S/C11H16BrNO2/c1-14-4-5-15-8-10-3-2-9(7-13)6-11(10)12/h2-3,6H,4-5,7-8,13H2,1H3. The fourth-order valence-electron chi connectivity index (χ4n) is 1.16. The van der Waals surface area contributed by atoms with Crippen molar-refractivity contribution in [2.24, 2.45) is 5.73 Å². The van der Waals surface area contributed by atoms with E-state index < -0.39 is 0 Å². The minimum absolute atomic E-state index is 0.559.